The Morgan fingerprint density at radius 3 is 2.62 bits per heavy atom. The van der Waals surface area contributed by atoms with Gasteiger partial charge in [0, 0.05) is 13.0 Å². The molecule has 2 N–H and O–H groups in total. The number of amides is 1. The van der Waals surface area contributed by atoms with Gasteiger partial charge in [0.15, 0.2) is 6.61 Å². The van der Waals surface area contributed by atoms with E-state index in [9.17, 15) is 9.59 Å². The van der Waals surface area contributed by atoms with Crippen LogP contribution in [0.15, 0.2) is 24.3 Å². The Bertz CT molecular complexity index is 471. The molecule has 0 fully saturated rings. The zero-order valence-electron chi connectivity index (χ0n) is 12.6. The van der Waals surface area contributed by atoms with Crippen molar-refractivity contribution in [1.29, 1.82) is 0 Å². The molecule has 116 valence electrons. The van der Waals surface area contributed by atoms with E-state index in [0.29, 0.717) is 25.3 Å². The molecule has 1 amide bonds. The molecule has 1 rings (SSSR count). The Morgan fingerprint density at radius 1 is 1.24 bits per heavy atom. The van der Waals surface area contributed by atoms with E-state index in [1.807, 2.05) is 24.3 Å². The third kappa shape index (κ3) is 6.79. The Morgan fingerprint density at radius 2 is 1.95 bits per heavy atom. The molecule has 1 aromatic carbocycles. The van der Waals surface area contributed by atoms with Gasteiger partial charge in [0.25, 0.3) is 5.91 Å². The van der Waals surface area contributed by atoms with Crippen LogP contribution in [-0.2, 0) is 9.59 Å². The smallest absolute Gasteiger partial charge is 0.303 e. The first-order valence-corrected chi connectivity index (χ1v) is 7.21. The molecular formula is C16H23NO4. The van der Waals surface area contributed by atoms with Crippen molar-refractivity contribution in [2.75, 3.05) is 13.2 Å². The molecule has 0 heterocycles. The van der Waals surface area contributed by atoms with Gasteiger partial charge in [-0.1, -0.05) is 32.0 Å². The maximum Gasteiger partial charge on any atom is 0.303 e. The lowest BCUT2D eigenvalue weighted by Gasteiger charge is -2.13. The van der Waals surface area contributed by atoms with Gasteiger partial charge in [-0.3, -0.25) is 9.59 Å². The molecule has 0 aliphatic heterocycles. The zero-order valence-corrected chi connectivity index (χ0v) is 12.6. The molecule has 0 atom stereocenters. The van der Waals surface area contributed by atoms with Crippen LogP contribution in [0.3, 0.4) is 0 Å². The van der Waals surface area contributed by atoms with Crippen molar-refractivity contribution in [3.05, 3.63) is 29.8 Å². The van der Waals surface area contributed by atoms with Crippen molar-refractivity contribution < 1.29 is 19.4 Å². The lowest BCUT2D eigenvalue weighted by Crippen LogP contribution is -2.29. The third-order valence-corrected chi connectivity index (χ3v) is 3.04. The Hall–Kier alpha value is -2.04. The molecule has 0 spiro atoms. The number of ether oxygens (including phenoxy) is 1. The number of rotatable bonds is 9. The summed E-state index contributed by atoms with van der Waals surface area (Å²) in [5, 5.41) is 11.2. The Balaban J connectivity index is 2.29. The maximum absolute atomic E-state index is 11.6. The van der Waals surface area contributed by atoms with Crippen LogP contribution < -0.4 is 10.1 Å². The van der Waals surface area contributed by atoms with Crippen LogP contribution >= 0.6 is 0 Å². The molecule has 0 aromatic heterocycles. The molecule has 0 saturated heterocycles. The number of hydrogen-bond donors (Lipinski definition) is 2. The Kier molecular flexibility index (Phi) is 7.29. The number of nitrogens with one attached hydrogen (secondary N) is 1. The van der Waals surface area contributed by atoms with Gasteiger partial charge in [-0.05, 0) is 30.4 Å². The molecular weight excluding hydrogens is 270 g/mol. The molecule has 0 bridgehead atoms. The zero-order chi connectivity index (χ0) is 15.7. The summed E-state index contributed by atoms with van der Waals surface area (Å²) in [5.41, 5.74) is 1.08. The molecule has 1 aromatic rings. The molecule has 0 aliphatic carbocycles. The van der Waals surface area contributed by atoms with Gasteiger partial charge in [-0.25, -0.2) is 0 Å². The van der Waals surface area contributed by atoms with Crippen molar-refractivity contribution in [3.63, 3.8) is 0 Å². The summed E-state index contributed by atoms with van der Waals surface area (Å²) in [5.74, 6) is 0.0626. The second kappa shape index (κ2) is 9.00. The van der Waals surface area contributed by atoms with Crippen LogP contribution in [0.1, 0.15) is 44.6 Å². The summed E-state index contributed by atoms with van der Waals surface area (Å²) in [6.45, 7) is 4.60. The number of carbonyl (C=O) groups excluding carboxylic acids is 1. The molecule has 0 aliphatic rings. The molecule has 21 heavy (non-hydrogen) atoms. The summed E-state index contributed by atoms with van der Waals surface area (Å²) in [6.07, 6.45) is 1.35. The van der Waals surface area contributed by atoms with Gasteiger partial charge in [-0.2, -0.15) is 0 Å². The first-order valence-electron chi connectivity index (χ1n) is 7.21. The summed E-state index contributed by atoms with van der Waals surface area (Å²) in [6, 6.07) is 7.68. The van der Waals surface area contributed by atoms with Crippen LogP contribution in [0.5, 0.6) is 5.75 Å². The number of hydrogen-bond acceptors (Lipinski definition) is 3. The first-order chi connectivity index (χ1) is 10.0. The summed E-state index contributed by atoms with van der Waals surface area (Å²) in [7, 11) is 0. The standard InChI is InChI=1S/C16H23NO4/c1-12(2)13-7-3-4-8-14(13)21-11-15(18)17-10-6-5-9-16(19)20/h3-4,7-8,12H,5-6,9-11H2,1-2H3,(H,17,18)(H,19,20). The second-order valence-corrected chi connectivity index (χ2v) is 5.18. The SMILES string of the molecule is CC(C)c1ccccc1OCC(=O)NCCCCC(=O)O. The highest BCUT2D eigenvalue weighted by Crippen LogP contribution is 2.25. The minimum Gasteiger partial charge on any atom is -0.483 e. The minimum absolute atomic E-state index is 0.0251. The summed E-state index contributed by atoms with van der Waals surface area (Å²) in [4.78, 5) is 22.0. The predicted octanol–water partition coefficient (Wildman–Crippen LogP) is 2.56. The predicted molar refractivity (Wildman–Crippen MR) is 80.5 cm³/mol. The van der Waals surface area contributed by atoms with Crippen LogP contribution in [-0.4, -0.2) is 30.1 Å². The van der Waals surface area contributed by atoms with Crippen molar-refractivity contribution in [2.24, 2.45) is 0 Å². The van der Waals surface area contributed by atoms with Crippen molar-refractivity contribution in [2.45, 2.75) is 39.0 Å². The van der Waals surface area contributed by atoms with Gasteiger partial charge in [0.05, 0.1) is 0 Å². The van der Waals surface area contributed by atoms with E-state index in [0.717, 1.165) is 11.3 Å². The van der Waals surface area contributed by atoms with E-state index in [4.69, 9.17) is 9.84 Å². The van der Waals surface area contributed by atoms with E-state index in [-0.39, 0.29) is 18.9 Å². The Labute approximate surface area is 125 Å². The quantitative estimate of drug-likeness (QED) is 0.686. The third-order valence-electron chi connectivity index (χ3n) is 3.04. The number of carboxylic acid groups (broad SMARTS) is 1. The fraction of sp³-hybridized carbons (Fsp3) is 0.500. The van der Waals surface area contributed by atoms with E-state index < -0.39 is 5.97 Å². The van der Waals surface area contributed by atoms with Crippen LogP contribution in [0, 0.1) is 0 Å². The van der Waals surface area contributed by atoms with E-state index >= 15 is 0 Å². The molecule has 0 radical (unpaired) electrons. The van der Waals surface area contributed by atoms with E-state index in [1.54, 1.807) is 0 Å². The molecule has 0 saturated carbocycles. The van der Waals surface area contributed by atoms with Crippen LogP contribution in [0.25, 0.3) is 0 Å². The number of carboxylic acids is 1. The number of carbonyl (C=O) groups is 2. The number of benzene rings is 1. The first kappa shape index (κ1) is 17.0. The van der Waals surface area contributed by atoms with Gasteiger partial charge in [0.2, 0.25) is 0 Å². The molecule has 5 heteroatoms. The topological polar surface area (TPSA) is 75.6 Å². The normalized spacial score (nSPS) is 10.4. The lowest BCUT2D eigenvalue weighted by atomic mass is 10.0. The van der Waals surface area contributed by atoms with Gasteiger partial charge < -0.3 is 15.2 Å². The highest BCUT2D eigenvalue weighted by atomic mass is 16.5. The molecule has 5 nitrogen and oxygen atoms in total. The average Bonchev–Trinajstić information content (AvgIpc) is 2.44. The van der Waals surface area contributed by atoms with Crippen molar-refractivity contribution in [3.8, 4) is 5.75 Å². The largest absolute Gasteiger partial charge is 0.483 e. The van der Waals surface area contributed by atoms with E-state index in [2.05, 4.69) is 19.2 Å². The molecule has 0 unspecified atom stereocenters. The van der Waals surface area contributed by atoms with Gasteiger partial charge in [-0.15, -0.1) is 0 Å². The maximum atomic E-state index is 11.6. The monoisotopic (exact) mass is 293 g/mol. The highest BCUT2D eigenvalue weighted by molar-refractivity contribution is 5.77. The number of para-hydroxylation sites is 1. The second-order valence-electron chi connectivity index (χ2n) is 5.18. The van der Waals surface area contributed by atoms with Crippen molar-refractivity contribution in [1.82, 2.24) is 5.32 Å². The highest BCUT2D eigenvalue weighted by Gasteiger charge is 2.08. The fourth-order valence-corrected chi connectivity index (χ4v) is 1.91. The summed E-state index contributed by atoms with van der Waals surface area (Å²) < 4.78 is 5.55. The van der Waals surface area contributed by atoms with Gasteiger partial charge in [0.1, 0.15) is 5.75 Å². The summed E-state index contributed by atoms with van der Waals surface area (Å²) >= 11 is 0. The number of unbranched alkanes of at least 4 members (excludes halogenated alkanes) is 1. The van der Waals surface area contributed by atoms with Crippen LogP contribution in [0.2, 0.25) is 0 Å². The van der Waals surface area contributed by atoms with Crippen LogP contribution in [0.4, 0.5) is 0 Å². The van der Waals surface area contributed by atoms with E-state index in [1.165, 1.54) is 0 Å². The number of aliphatic carboxylic acids is 1. The van der Waals surface area contributed by atoms with Crippen molar-refractivity contribution >= 4 is 11.9 Å². The average molecular weight is 293 g/mol. The lowest BCUT2D eigenvalue weighted by molar-refractivity contribution is -0.137. The van der Waals surface area contributed by atoms with Gasteiger partial charge >= 0.3 is 5.97 Å². The fourth-order valence-electron chi connectivity index (χ4n) is 1.91. The minimum atomic E-state index is -0.810.